The van der Waals surface area contributed by atoms with E-state index in [0.717, 1.165) is 12.0 Å². The fourth-order valence-corrected chi connectivity index (χ4v) is 4.62. The van der Waals surface area contributed by atoms with Crippen molar-refractivity contribution in [2.24, 2.45) is 0 Å². The van der Waals surface area contributed by atoms with Crippen molar-refractivity contribution in [3.05, 3.63) is 51.2 Å². The Kier molecular flexibility index (Phi) is 3.68. The molecular formula is C17H17ClN2OS. The van der Waals surface area contributed by atoms with Crippen molar-refractivity contribution in [1.82, 2.24) is 5.32 Å². The third-order valence-electron chi connectivity index (χ3n) is 4.72. The maximum atomic E-state index is 12.2. The van der Waals surface area contributed by atoms with E-state index in [1.165, 1.54) is 24.2 Å². The van der Waals surface area contributed by atoms with Crippen LogP contribution in [-0.2, 0) is 0 Å². The van der Waals surface area contributed by atoms with Crippen molar-refractivity contribution in [3.63, 3.8) is 0 Å². The Morgan fingerprint density at radius 2 is 2.18 bits per heavy atom. The van der Waals surface area contributed by atoms with Crippen molar-refractivity contribution in [3.8, 4) is 0 Å². The zero-order chi connectivity index (χ0) is 15.1. The number of carbonyl (C=O) groups is 1. The molecule has 0 saturated carbocycles. The van der Waals surface area contributed by atoms with Gasteiger partial charge in [0.1, 0.15) is 0 Å². The normalized spacial score (nSPS) is 26.3. The first-order valence-corrected chi connectivity index (χ1v) is 8.87. The van der Waals surface area contributed by atoms with E-state index in [4.69, 9.17) is 11.6 Å². The Bertz CT molecular complexity index is 701. The zero-order valence-electron chi connectivity index (χ0n) is 12.0. The molecule has 2 saturated heterocycles. The first kappa shape index (κ1) is 14.2. The van der Waals surface area contributed by atoms with Gasteiger partial charge in [-0.25, -0.2) is 0 Å². The van der Waals surface area contributed by atoms with Crippen LogP contribution in [-0.4, -0.2) is 18.0 Å². The van der Waals surface area contributed by atoms with Gasteiger partial charge in [-0.05, 0) is 42.3 Å². The molecule has 3 atom stereocenters. The summed E-state index contributed by atoms with van der Waals surface area (Å²) in [5.74, 6) is 0.366. The fourth-order valence-electron chi connectivity index (χ4n) is 3.69. The zero-order valence-corrected chi connectivity index (χ0v) is 13.6. The number of hydrogen-bond donors (Lipinski definition) is 2. The number of hydrogen-bond acceptors (Lipinski definition) is 3. The minimum atomic E-state index is -0.0971. The molecule has 5 heteroatoms. The topological polar surface area (TPSA) is 41.1 Å². The number of rotatable bonds is 3. The molecule has 1 amide bonds. The van der Waals surface area contributed by atoms with E-state index in [0.29, 0.717) is 33.6 Å². The smallest absolute Gasteiger partial charge is 0.265 e. The van der Waals surface area contributed by atoms with E-state index in [9.17, 15) is 4.79 Å². The maximum Gasteiger partial charge on any atom is 0.265 e. The summed E-state index contributed by atoms with van der Waals surface area (Å²) in [6.07, 6.45) is 3.64. The molecule has 2 N–H and O–H groups in total. The summed E-state index contributed by atoms with van der Waals surface area (Å²) in [5, 5.41) is 9.17. The van der Waals surface area contributed by atoms with Gasteiger partial charge in [0.15, 0.2) is 0 Å². The molecule has 114 valence electrons. The quantitative estimate of drug-likeness (QED) is 0.881. The van der Waals surface area contributed by atoms with Gasteiger partial charge in [-0.1, -0.05) is 29.8 Å². The van der Waals surface area contributed by atoms with Crippen LogP contribution in [0.1, 0.15) is 40.4 Å². The highest BCUT2D eigenvalue weighted by atomic mass is 35.5. The van der Waals surface area contributed by atoms with E-state index in [2.05, 4.69) is 16.7 Å². The maximum absolute atomic E-state index is 12.2. The number of fused-ring (bicyclic) bond motifs is 2. The number of anilines is 1. The summed E-state index contributed by atoms with van der Waals surface area (Å²) in [7, 11) is 0. The van der Waals surface area contributed by atoms with E-state index in [1.807, 2.05) is 29.6 Å². The van der Waals surface area contributed by atoms with Crippen LogP contribution in [0.25, 0.3) is 0 Å². The Morgan fingerprint density at radius 3 is 2.86 bits per heavy atom. The average molecular weight is 333 g/mol. The third-order valence-corrected chi connectivity index (χ3v) is 6.01. The minimum Gasteiger partial charge on any atom is -0.320 e. The molecule has 0 aliphatic carbocycles. The van der Waals surface area contributed by atoms with Crippen molar-refractivity contribution in [2.45, 2.75) is 37.3 Å². The van der Waals surface area contributed by atoms with Crippen LogP contribution in [0, 0.1) is 0 Å². The molecule has 1 aromatic heterocycles. The van der Waals surface area contributed by atoms with Crippen LogP contribution >= 0.6 is 22.9 Å². The molecule has 2 aliphatic heterocycles. The van der Waals surface area contributed by atoms with Gasteiger partial charge in [0.05, 0.1) is 15.6 Å². The molecule has 2 bridgehead atoms. The van der Waals surface area contributed by atoms with Crippen LogP contribution in [0.5, 0.6) is 0 Å². The molecular weight excluding hydrogens is 316 g/mol. The first-order chi connectivity index (χ1) is 10.7. The van der Waals surface area contributed by atoms with Gasteiger partial charge in [0.25, 0.3) is 5.91 Å². The van der Waals surface area contributed by atoms with E-state index < -0.39 is 0 Å². The number of halogens is 1. The van der Waals surface area contributed by atoms with Crippen molar-refractivity contribution < 1.29 is 4.79 Å². The molecule has 0 radical (unpaired) electrons. The van der Waals surface area contributed by atoms with Gasteiger partial charge in [0.2, 0.25) is 0 Å². The van der Waals surface area contributed by atoms with Crippen LogP contribution < -0.4 is 10.6 Å². The monoisotopic (exact) mass is 332 g/mol. The Labute approximate surface area is 138 Å². The van der Waals surface area contributed by atoms with E-state index in [1.54, 1.807) is 0 Å². The average Bonchev–Trinajstić information content (AvgIpc) is 3.26. The summed E-state index contributed by atoms with van der Waals surface area (Å²) in [4.78, 5) is 12.9. The van der Waals surface area contributed by atoms with Gasteiger partial charge < -0.3 is 10.6 Å². The lowest BCUT2D eigenvalue weighted by Crippen LogP contribution is -2.22. The second-order valence-corrected chi connectivity index (χ2v) is 7.36. The number of benzene rings is 1. The van der Waals surface area contributed by atoms with Gasteiger partial charge in [-0.3, -0.25) is 4.79 Å². The molecule has 2 fully saturated rings. The second kappa shape index (κ2) is 5.69. The number of amides is 1. The molecule has 3 heterocycles. The summed E-state index contributed by atoms with van der Waals surface area (Å²) in [6.45, 7) is 0. The minimum absolute atomic E-state index is 0.0971. The molecule has 0 unspecified atom stereocenters. The number of thiophene rings is 1. The predicted molar refractivity (Wildman–Crippen MR) is 91.0 cm³/mol. The SMILES string of the molecule is O=C(Nc1cccc([C@H]2C[C@H]3CC[C@@H]2N3)c1Cl)c1cccs1. The van der Waals surface area contributed by atoms with Gasteiger partial charge in [-0.15, -0.1) is 11.3 Å². The lowest BCUT2D eigenvalue weighted by molar-refractivity contribution is 0.103. The summed E-state index contributed by atoms with van der Waals surface area (Å²) in [5.41, 5.74) is 1.87. The van der Waals surface area contributed by atoms with Crippen molar-refractivity contribution in [2.75, 3.05) is 5.32 Å². The third kappa shape index (κ3) is 2.45. The number of nitrogens with one attached hydrogen (secondary N) is 2. The predicted octanol–water partition coefficient (Wildman–Crippen LogP) is 4.26. The number of carbonyl (C=O) groups excluding carboxylic acids is 1. The second-order valence-electron chi connectivity index (χ2n) is 6.03. The molecule has 3 nitrogen and oxygen atoms in total. The largest absolute Gasteiger partial charge is 0.320 e. The lowest BCUT2D eigenvalue weighted by atomic mass is 9.84. The van der Waals surface area contributed by atoms with Crippen molar-refractivity contribution >= 4 is 34.5 Å². The van der Waals surface area contributed by atoms with Gasteiger partial charge in [0, 0.05) is 18.0 Å². The van der Waals surface area contributed by atoms with Crippen molar-refractivity contribution in [1.29, 1.82) is 0 Å². The highest BCUT2D eigenvalue weighted by molar-refractivity contribution is 7.12. The Hall–Kier alpha value is -1.36. The molecule has 2 aromatic rings. The van der Waals surface area contributed by atoms with Crippen LogP contribution in [0.15, 0.2) is 35.7 Å². The highest BCUT2D eigenvalue weighted by Crippen LogP contribution is 2.43. The molecule has 22 heavy (non-hydrogen) atoms. The standard InChI is InChI=1S/C17H17ClN2OS/c18-16-11(12-9-10-6-7-13(12)19-10)3-1-4-14(16)20-17(21)15-5-2-8-22-15/h1-5,8,10,12-13,19H,6-7,9H2,(H,20,21)/t10-,12-,13+/m1/s1. The van der Waals surface area contributed by atoms with E-state index >= 15 is 0 Å². The summed E-state index contributed by atoms with van der Waals surface area (Å²) < 4.78 is 0. The Balaban J connectivity index is 1.59. The van der Waals surface area contributed by atoms with E-state index in [-0.39, 0.29) is 5.91 Å². The molecule has 0 spiro atoms. The molecule has 2 aliphatic rings. The fraction of sp³-hybridized carbons (Fsp3) is 0.353. The molecule has 4 rings (SSSR count). The van der Waals surface area contributed by atoms with Gasteiger partial charge in [-0.2, -0.15) is 0 Å². The van der Waals surface area contributed by atoms with Crippen LogP contribution in [0.3, 0.4) is 0 Å². The Morgan fingerprint density at radius 1 is 1.27 bits per heavy atom. The van der Waals surface area contributed by atoms with Crippen LogP contribution in [0.4, 0.5) is 5.69 Å². The van der Waals surface area contributed by atoms with Gasteiger partial charge >= 0.3 is 0 Å². The van der Waals surface area contributed by atoms with Crippen LogP contribution in [0.2, 0.25) is 5.02 Å². The lowest BCUT2D eigenvalue weighted by Gasteiger charge is -2.22. The molecule has 1 aromatic carbocycles. The first-order valence-electron chi connectivity index (χ1n) is 7.61. The summed E-state index contributed by atoms with van der Waals surface area (Å²) >= 11 is 8.02. The highest BCUT2D eigenvalue weighted by Gasteiger charge is 2.40. The summed E-state index contributed by atoms with van der Waals surface area (Å²) in [6, 6.07) is 10.8.